The van der Waals surface area contributed by atoms with Gasteiger partial charge in [-0.25, -0.2) is 0 Å². The third-order valence-corrected chi connectivity index (χ3v) is 4.65. The Hall–Kier alpha value is -1.36. The number of carbonyl (C=O) groups excluding carboxylic acids is 1. The number of carbonyl (C=O) groups is 1. The zero-order chi connectivity index (χ0) is 14.3. The molecule has 0 radical (unpaired) electrons. The Morgan fingerprint density at radius 2 is 1.90 bits per heavy atom. The fraction of sp³-hybridized carbons (Fsp3) is 0.133. The van der Waals surface area contributed by atoms with Gasteiger partial charge in [0.1, 0.15) is 0 Å². The van der Waals surface area contributed by atoms with E-state index in [-0.39, 0.29) is 11.9 Å². The summed E-state index contributed by atoms with van der Waals surface area (Å²) in [4.78, 5) is 11.4. The fourth-order valence-corrected chi connectivity index (χ4v) is 2.78. The summed E-state index contributed by atoms with van der Waals surface area (Å²) in [6.45, 7) is 0. The molecule has 0 saturated heterocycles. The molecule has 2 aromatic carbocycles. The van der Waals surface area contributed by atoms with Crippen molar-refractivity contribution in [1.82, 2.24) is 0 Å². The Morgan fingerprint density at radius 1 is 1.20 bits per heavy atom. The highest BCUT2D eigenvalue weighted by Crippen LogP contribution is 2.31. The van der Waals surface area contributed by atoms with Gasteiger partial charge in [-0.2, -0.15) is 0 Å². The van der Waals surface area contributed by atoms with Crippen molar-refractivity contribution >= 4 is 39.1 Å². The Balaban J connectivity index is 1.94. The molecule has 1 aliphatic heterocycles. The van der Waals surface area contributed by atoms with Crippen LogP contribution in [0.5, 0.6) is 0 Å². The molecule has 1 atom stereocenters. The number of rotatable bonds is 2. The topological polar surface area (TPSA) is 55.1 Å². The van der Waals surface area contributed by atoms with Gasteiger partial charge in [0, 0.05) is 10.2 Å². The lowest BCUT2D eigenvalue weighted by molar-refractivity contribution is -0.115. The summed E-state index contributed by atoms with van der Waals surface area (Å²) in [5.41, 5.74) is 10.1. The van der Waals surface area contributed by atoms with Crippen molar-refractivity contribution in [3.05, 3.63) is 62.6 Å². The number of nitrogens with two attached hydrogens (primary N) is 1. The molecule has 3 rings (SSSR count). The van der Waals surface area contributed by atoms with Crippen molar-refractivity contribution < 1.29 is 4.79 Å². The second-order valence-corrected chi connectivity index (χ2v) is 6.05. The van der Waals surface area contributed by atoms with E-state index in [1.807, 2.05) is 36.4 Å². The highest BCUT2D eigenvalue weighted by molar-refractivity contribution is 9.10. The van der Waals surface area contributed by atoms with Crippen LogP contribution in [0.4, 0.5) is 5.69 Å². The van der Waals surface area contributed by atoms with Gasteiger partial charge < -0.3 is 11.1 Å². The molecule has 3 N–H and O–H groups in total. The lowest BCUT2D eigenvalue weighted by atomic mass is 9.97. The molecular weight excluding hydrogens is 340 g/mol. The van der Waals surface area contributed by atoms with Crippen LogP contribution in [0.15, 0.2) is 40.9 Å². The van der Waals surface area contributed by atoms with Gasteiger partial charge in [-0.3, -0.25) is 4.79 Å². The van der Waals surface area contributed by atoms with Gasteiger partial charge in [-0.05, 0) is 50.8 Å². The van der Waals surface area contributed by atoms with Crippen molar-refractivity contribution in [3.8, 4) is 0 Å². The maximum absolute atomic E-state index is 11.4. The smallest absolute Gasteiger partial charge is 0.228 e. The SMILES string of the molecule is NC(c1ccc(Br)c(Cl)c1)c1ccc2c(c1)CC(=O)N2. The van der Waals surface area contributed by atoms with Crippen LogP contribution >= 0.6 is 27.5 Å². The number of fused-ring (bicyclic) bond motifs is 1. The Labute approximate surface area is 130 Å². The van der Waals surface area contributed by atoms with E-state index in [0.717, 1.165) is 26.9 Å². The molecule has 1 amide bonds. The van der Waals surface area contributed by atoms with Crippen LogP contribution in [0.3, 0.4) is 0 Å². The molecule has 0 spiro atoms. The van der Waals surface area contributed by atoms with Gasteiger partial charge in [0.2, 0.25) is 5.91 Å². The largest absolute Gasteiger partial charge is 0.326 e. The Kier molecular flexibility index (Phi) is 3.54. The number of halogens is 2. The van der Waals surface area contributed by atoms with Gasteiger partial charge >= 0.3 is 0 Å². The molecule has 0 fully saturated rings. The summed E-state index contributed by atoms with van der Waals surface area (Å²) in [5.74, 6) is 0.0254. The normalized spacial score (nSPS) is 14.8. The third kappa shape index (κ3) is 2.46. The molecule has 1 aliphatic rings. The van der Waals surface area contributed by atoms with Crippen LogP contribution < -0.4 is 11.1 Å². The summed E-state index contributed by atoms with van der Waals surface area (Å²) >= 11 is 9.46. The molecule has 0 aromatic heterocycles. The van der Waals surface area contributed by atoms with Crippen molar-refractivity contribution in [3.63, 3.8) is 0 Å². The first-order valence-corrected chi connectivity index (χ1v) is 7.35. The quantitative estimate of drug-likeness (QED) is 0.868. The minimum absolute atomic E-state index is 0.0254. The van der Waals surface area contributed by atoms with Gasteiger partial charge in [-0.15, -0.1) is 0 Å². The van der Waals surface area contributed by atoms with Gasteiger partial charge in [0.05, 0.1) is 17.5 Å². The predicted octanol–water partition coefficient (Wildman–Crippen LogP) is 3.65. The number of amides is 1. The van der Waals surface area contributed by atoms with E-state index in [9.17, 15) is 4.79 Å². The van der Waals surface area contributed by atoms with E-state index in [2.05, 4.69) is 21.2 Å². The Morgan fingerprint density at radius 3 is 2.65 bits per heavy atom. The molecule has 0 aliphatic carbocycles. The first-order valence-electron chi connectivity index (χ1n) is 6.18. The molecule has 20 heavy (non-hydrogen) atoms. The minimum atomic E-state index is -0.262. The third-order valence-electron chi connectivity index (χ3n) is 3.42. The van der Waals surface area contributed by atoms with Gasteiger partial charge in [0.15, 0.2) is 0 Å². The molecular formula is C15H12BrClN2O. The average molecular weight is 352 g/mol. The molecule has 5 heteroatoms. The summed E-state index contributed by atoms with van der Waals surface area (Å²) < 4.78 is 0.846. The maximum Gasteiger partial charge on any atom is 0.228 e. The summed E-state index contributed by atoms with van der Waals surface area (Å²) in [6.07, 6.45) is 0.414. The second kappa shape index (κ2) is 5.20. The van der Waals surface area contributed by atoms with Crippen LogP contribution in [-0.4, -0.2) is 5.91 Å². The first-order chi connectivity index (χ1) is 9.54. The number of nitrogens with one attached hydrogen (secondary N) is 1. The van der Waals surface area contributed by atoms with E-state index < -0.39 is 0 Å². The van der Waals surface area contributed by atoms with E-state index >= 15 is 0 Å². The molecule has 1 unspecified atom stereocenters. The van der Waals surface area contributed by atoms with Crippen molar-refractivity contribution in [2.24, 2.45) is 5.73 Å². The molecule has 3 nitrogen and oxygen atoms in total. The van der Waals surface area contributed by atoms with Gasteiger partial charge in [0.25, 0.3) is 0 Å². The van der Waals surface area contributed by atoms with Crippen molar-refractivity contribution in [1.29, 1.82) is 0 Å². The number of hydrogen-bond donors (Lipinski definition) is 2. The van der Waals surface area contributed by atoms with E-state index in [1.54, 1.807) is 0 Å². The van der Waals surface area contributed by atoms with Gasteiger partial charge in [-0.1, -0.05) is 29.8 Å². The van der Waals surface area contributed by atoms with Crippen LogP contribution in [0.25, 0.3) is 0 Å². The molecule has 0 saturated carbocycles. The van der Waals surface area contributed by atoms with Crippen LogP contribution in [0.2, 0.25) is 5.02 Å². The number of anilines is 1. The fourth-order valence-electron chi connectivity index (χ4n) is 2.34. The lowest BCUT2D eigenvalue weighted by Crippen LogP contribution is -2.12. The summed E-state index contributed by atoms with van der Waals surface area (Å²) in [6, 6.07) is 11.2. The Bertz CT molecular complexity index is 702. The highest BCUT2D eigenvalue weighted by Gasteiger charge is 2.19. The number of benzene rings is 2. The van der Waals surface area contributed by atoms with Crippen LogP contribution in [0.1, 0.15) is 22.7 Å². The number of hydrogen-bond acceptors (Lipinski definition) is 2. The summed E-state index contributed by atoms with van der Waals surface area (Å²) in [7, 11) is 0. The van der Waals surface area contributed by atoms with Crippen LogP contribution in [-0.2, 0) is 11.2 Å². The maximum atomic E-state index is 11.4. The molecule has 1 heterocycles. The standard InChI is InChI=1S/C15H12BrClN2O/c16-11-3-1-9(6-12(11)17)15(18)8-2-4-13-10(5-8)7-14(20)19-13/h1-6,15H,7,18H2,(H,19,20). The van der Waals surface area contributed by atoms with Crippen LogP contribution in [0, 0.1) is 0 Å². The van der Waals surface area contributed by atoms with Crippen molar-refractivity contribution in [2.45, 2.75) is 12.5 Å². The zero-order valence-corrected chi connectivity index (χ0v) is 12.8. The van der Waals surface area contributed by atoms with Crippen molar-refractivity contribution in [2.75, 3.05) is 5.32 Å². The highest BCUT2D eigenvalue weighted by atomic mass is 79.9. The molecule has 102 valence electrons. The summed E-state index contributed by atoms with van der Waals surface area (Å²) in [5, 5.41) is 3.45. The van der Waals surface area contributed by atoms with E-state index in [0.29, 0.717) is 11.4 Å². The predicted molar refractivity (Wildman–Crippen MR) is 84.0 cm³/mol. The minimum Gasteiger partial charge on any atom is -0.326 e. The monoisotopic (exact) mass is 350 g/mol. The van der Waals surface area contributed by atoms with E-state index in [4.69, 9.17) is 17.3 Å². The van der Waals surface area contributed by atoms with E-state index in [1.165, 1.54) is 0 Å². The first kappa shape index (κ1) is 13.6. The average Bonchev–Trinajstić information content (AvgIpc) is 2.80. The molecule has 0 bridgehead atoms. The molecule has 2 aromatic rings. The lowest BCUT2D eigenvalue weighted by Gasteiger charge is -2.14. The second-order valence-electron chi connectivity index (χ2n) is 4.79. The zero-order valence-electron chi connectivity index (χ0n) is 10.5.